The van der Waals surface area contributed by atoms with Gasteiger partial charge in [-0.15, -0.1) is 0 Å². The van der Waals surface area contributed by atoms with Gasteiger partial charge in [0.25, 0.3) is 0 Å². The molecule has 0 amide bonds. The standard InChI is InChI=1S/C13H7FO2/c14-10-6-5-8(7-15)12-9-3-1-2-4-11(9)16-13(10)12/h1-7H. The van der Waals surface area contributed by atoms with E-state index in [1.807, 2.05) is 18.2 Å². The third kappa shape index (κ3) is 1.08. The van der Waals surface area contributed by atoms with Gasteiger partial charge < -0.3 is 4.42 Å². The lowest BCUT2D eigenvalue weighted by Gasteiger charge is -1.94. The molecule has 3 heteroatoms. The highest BCUT2D eigenvalue weighted by Gasteiger charge is 2.13. The molecule has 3 aromatic rings. The molecule has 2 nitrogen and oxygen atoms in total. The quantitative estimate of drug-likeness (QED) is 0.580. The van der Waals surface area contributed by atoms with Crippen LogP contribution in [-0.4, -0.2) is 6.29 Å². The smallest absolute Gasteiger partial charge is 0.171 e. The van der Waals surface area contributed by atoms with E-state index in [2.05, 4.69) is 0 Å². The molecular formula is C13H7FO2. The van der Waals surface area contributed by atoms with E-state index in [1.165, 1.54) is 12.1 Å². The number of fused-ring (bicyclic) bond motifs is 3. The molecule has 0 N–H and O–H groups in total. The van der Waals surface area contributed by atoms with E-state index in [0.29, 0.717) is 22.8 Å². The number of benzene rings is 2. The summed E-state index contributed by atoms with van der Waals surface area (Å²) >= 11 is 0. The minimum atomic E-state index is -0.447. The molecule has 0 atom stereocenters. The fourth-order valence-corrected chi connectivity index (χ4v) is 1.92. The van der Waals surface area contributed by atoms with Crippen molar-refractivity contribution in [3.8, 4) is 0 Å². The molecule has 0 aliphatic rings. The number of para-hydroxylation sites is 1. The molecule has 0 radical (unpaired) electrons. The summed E-state index contributed by atoms with van der Waals surface area (Å²) in [5.41, 5.74) is 1.18. The van der Waals surface area contributed by atoms with Crippen LogP contribution in [0.25, 0.3) is 21.9 Å². The summed E-state index contributed by atoms with van der Waals surface area (Å²) in [6, 6.07) is 9.91. The fourth-order valence-electron chi connectivity index (χ4n) is 1.92. The summed E-state index contributed by atoms with van der Waals surface area (Å²) < 4.78 is 18.9. The Balaban J connectivity index is 2.64. The van der Waals surface area contributed by atoms with Gasteiger partial charge in [0, 0.05) is 16.3 Å². The largest absolute Gasteiger partial charge is 0.453 e. The van der Waals surface area contributed by atoms with Crippen LogP contribution in [0.5, 0.6) is 0 Å². The molecule has 0 aliphatic carbocycles. The third-order valence-electron chi connectivity index (χ3n) is 2.64. The van der Waals surface area contributed by atoms with Crippen LogP contribution in [0.3, 0.4) is 0 Å². The maximum atomic E-state index is 13.5. The minimum Gasteiger partial charge on any atom is -0.453 e. The van der Waals surface area contributed by atoms with Crippen LogP contribution in [0.4, 0.5) is 4.39 Å². The maximum absolute atomic E-state index is 13.5. The van der Waals surface area contributed by atoms with Gasteiger partial charge in [0.2, 0.25) is 0 Å². The molecule has 0 saturated heterocycles. The number of hydrogen-bond donors (Lipinski definition) is 0. The van der Waals surface area contributed by atoms with Crippen molar-refractivity contribution in [2.24, 2.45) is 0 Å². The zero-order valence-electron chi connectivity index (χ0n) is 8.24. The molecule has 78 valence electrons. The summed E-state index contributed by atoms with van der Waals surface area (Å²) in [5, 5.41) is 1.31. The molecular weight excluding hydrogens is 207 g/mol. The number of hydrogen-bond acceptors (Lipinski definition) is 2. The van der Waals surface area contributed by atoms with Gasteiger partial charge in [-0.1, -0.05) is 18.2 Å². The Bertz CT molecular complexity index is 698. The maximum Gasteiger partial charge on any atom is 0.171 e. The Morgan fingerprint density at radius 3 is 2.75 bits per heavy atom. The average Bonchev–Trinajstić information content (AvgIpc) is 2.70. The van der Waals surface area contributed by atoms with Crippen molar-refractivity contribution in [1.82, 2.24) is 0 Å². The molecule has 0 spiro atoms. The zero-order valence-corrected chi connectivity index (χ0v) is 8.24. The lowest BCUT2D eigenvalue weighted by atomic mass is 10.1. The van der Waals surface area contributed by atoms with Crippen LogP contribution in [0.2, 0.25) is 0 Å². The number of carbonyl (C=O) groups is 1. The zero-order chi connectivity index (χ0) is 11.1. The Kier molecular flexibility index (Phi) is 1.80. The van der Waals surface area contributed by atoms with Crippen molar-refractivity contribution in [2.45, 2.75) is 0 Å². The van der Waals surface area contributed by atoms with Crippen molar-refractivity contribution < 1.29 is 13.6 Å². The van der Waals surface area contributed by atoms with E-state index in [0.717, 1.165) is 5.39 Å². The van der Waals surface area contributed by atoms with E-state index >= 15 is 0 Å². The van der Waals surface area contributed by atoms with Crippen molar-refractivity contribution in [1.29, 1.82) is 0 Å². The number of aldehydes is 1. The van der Waals surface area contributed by atoms with Crippen LogP contribution in [0.15, 0.2) is 40.8 Å². The average molecular weight is 214 g/mol. The van der Waals surface area contributed by atoms with Crippen LogP contribution >= 0.6 is 0 Å². The number of rotatable bonds is 1. The molecule has 0 unspecified atom stereocenters. The van der Waals surface area contributed by atoms with Crippen LogP contribution < -0.4 is 0 Å². The van der Waals surface area contributed by atoms with Crippen molar-refractivity contribution >= 4 is 28.2 Å². The Labute approximate surface area is 90.3 Å². The predicted molar refractivity (Wildman–Crippen MR) is 59.1 cm³/mol. The van der Waals surface area contributed by atoms with Gasteiger partial charge in [-0.25, -0.2) is 4.39 Å². The Morgan fingerprint density at radius 2 is 1.94 bits per heavy atom. The molecule has 0 saturated carbocycles. The van der Waals surface area contributed by atoms with E-state index in [9.17, 15) is 9.18 Å². The summed E-state index contributed by atoms with van der Waals surface area (Å²) in [6.07, 6.45) is 0.712. The minimum absolute atomic E-state index is 0.144. The van der Waals surface area contributed by atoms with Gasteiger partial charge in [0.1, 0.15) is 5.58 Å². The first kappa shape index (κ1) is 9.09. The van der Waals surface area contributed by atoms with E-state index in [1.54, 1.807) is 6.07 Å². The highest BCUT2D eigenvalue weighted by atomic mass is 19.1. The first-order valence-corrected chi connectivity index (χ1v) is 4.86. The highest BCUT2D eigenvalue weighted by molar-refractivity contribution is 6.12. The molecule has 16 heavy (non-hydrogen) atoms. The lowest BCUT2D eigenvalue weighted by Crippen LogP contribution is -1.83. The molecule has 3 rings (SSSR count). The fraction of sp³-hybridized carbons (Fsp3) is 0. The van der Waals surface area contributed by atoms with E-state index < -0.39 is 5.82 Å². The monoisotopic (exact) mass is 214 g/mol. The molecule has 0 bridgehead atoms. The van der Waals surface area contributed by atoms with Crippen LogP contribution in [-0.2, 0) is 0 Å². The van der Waals surface area contributed by atoms with Crippen molar-refractivity contribution in [3.05, 3.63) is 47.8 Å². The second kappa shape index (κ2) is 3.17. The lowest BCUT2D eigenvalue weighted by molar-refractivity contribution is 0.112. The first-order chi connectivity index (χ1) is 7.81. The van der Waals surface area contributed by atoms with Crippen molar-refractivity contribution in [3.63, 3.8) is 0 Å². The Morgan fingerprint density at radius 1 is 1.12 bits per heavy atom. The normalized spacial score (nSPS) is 11.1. The van der Waals surface area contributed by atoms with Gasteiger partial charge in [-0.3, -0.25) is 4.79 Å². The van der Waals surface area contributed by atoms with Gasteiger partial charge in [0.05, 0.1) is 0 Å². The number of halogens is 1. The van der Waals surface area contributed by atoms with Gasteiger partial charge in [-0.2, -0.15) is 0 Å². The molecule has 1 aromatic heterocycles. The number of carbonyl (C=O) groups excluding carboxylic acids is 1. The highest BCUT2D eigenvalue weighted by Crippen LogP contribution is 2.32. The molecule has 0 aliphatic heterocycles. The molecule has 1 heterocycles. The van der Waals surface area contributed by atoms with Crippen molar-refractivity contribution in [2.75, 3.05) is 0 Å². The van der Waals surface area contributed by atoms with Gasteiger partial charge in [0.15, 0.2) is 17.7 Å². The summed E-state index contributed by atoms with van der Waals surface area (Å²) in [5.74, 6) is -0.447. The molecule has 2 aromatic carbocycles. The second-order valence-electron chi connectivity index (χ2n) is 3.56. The molecule has 0 fully saturated rings. The third-order valence-corrected chi connectivity index (χ3v) is 2.64. The van der Waals surface area contributed by atoms with Gasteiger partial charge in [-0.05, 0) is 18.2 Å². The summed E-state index contributed by atoms with van der Waals surface area (Å²) in [4.78, 5) is 10.9. The van der Waals surface area contributed by atoms with Crippen LogP contribution in [0, 0.1) is 5.82 Å². The Hall–Kier alpha value is -2.16. The van der Waals surface area contributed by atoms with Crippen LogP contribution in [0.1, 0.15) is 10.4 Å². The van der Waals surface area contributed by atoms with E-state index in [-0.39, 0.29) is 5.58 Å². The summed E-state index contributed by atoms with van der Waals surface area (Å²) in [7, 11) is 0. The topological polar surface area (TPSA) is 30.2 Å². The van der Waals surface area contributed by atoms with Gasteiger partial charge >= 0.3 is 0 Å². The SMILES string of the molecule is O=Cc1ccc(F)c2oc3ccccc3c12. The summed E-state index contributed by atoms with van der Waals surface area (Å²) in [6.45, 7) is 0. The van der Waals surface area contributed by atoms with E-state index in [4.69, 9.17) is 4.42 Å². The predicted octanol–water partition coefficient (Wildman–Crippen LogP) is 3.54. The number of furan rings is 1. The first-order valence-electron chi connectivity index (χ1n) is 4.86. The second-order valence-corrected chi connectivity index (χ2v) is 3.56.